The average molecular weight is 510 g/mol. The molecule has 0 aliphatic heterocycles. The second kappa shape index (κ2) is 8.05. The molecule has 3 aromatic heterocycles. The molecule has 0 saturated carbocycles. The van der Waals surface area contributed by atoms with Crippen LogP contribution in [-0.2, 0) is 0 Å². The van der Waals surface area contributed by atoms with Gasteiger partial charge in [0.25, 0.3) is 0 Å². The normalized spacial score (nSPS) is 12.0. The number of benzene rings is 6. The molecule has 186 valence electrons. The summed E-state index contributed by atoms with van der Waals surface area (Å²) in [5, 5.41) is 8.64. The van der Waals surface area contributed by atoms with Crippen LogP contribution in [-0.4, -0.2) is 14.1 Å². The van der Waals surface area contributed by atoms with Crippen molar-refractivity contribution < 1.29 is 0 Å². The van der Waals surface area contributed by atoms with Gasteiger partial charge in [0.15, 0.2) is 0 Å². The number of pyridine rings is 1. The van der Waals surface area contributed by atoms with Crippen LogP contribution in [0.4, 0.5) is 0 Å². The predicted molar refractivity (Wildman–Crippen MR) is 168 cm³/mol. The van der Waals surface area contributed by atoms with Crippen molar-refractivity contribution in [3.05, 3.63) is 140 Å². The molecule has 9 rings (SSSR count). The molecular weight excluding hydrogens is 486 g/mol. The van der Waals surface area contributed by atoms with Crippen molar-refractivity contribution in [2.24, 2.45) is 0 Å². The number of rotatable bonds is 2. The molecule has 0 N–H and O–H groups in total. The Hall–Kier alpha value is -5.41. The molecule has 0 aliphatic rings. The first-order chi connectivity index (χ1) is 19.9. The van der Waals surface area contributed by atoms with Gasteiger partial charge in [-0.05, 0) is 53.9 Å². The molecule has 3 nitrogen and oxygen atoms in total. The number of hydrogen-bond acceptors (Lipinski definition) is 1. The summed E-state index contributed by atoms with van der Waals surface area (Å²) in [6.07, 6.45) is 1.90. The Bertz CT molecular complexity index is 2390. The van der Waals surface area contributed by atoms with E-state index in [0.29, 0.717) is 0 Å². The van der Waals surface area contributed by atoms with E-state index in [9.17, 15) is 0 Å². The summed E-state index contributed by atoms with van der Waals surface area (Å²) in [4.78, 5) is 4.87. The monoisotopic (exact) mass is 509 g/mol. The van der Waals surface area contributed by atoms with E-state index in [2.05, 4.69) is 137 Å². The third-order valence-corrected chi connectivity index (χ3v) is 8.32. The molecule has 9 aromatic rings. The number of para-hydroxylation sites is 3. The molecule has 0 bridgehead atoms. The maximum Gasteiger partial charge on any atom is 0.0801 e. The Kier molecular flexibility index (Phi) is 4.33. The van der Waals surface area contributed by atoms with Gasteiger partial charge < -0.3 is 9.13 Å². The molecular formula is C37H23N3. The number of hydrogen-bond donors (Lipinski definition) is 0. The molecule has 40 heavy (non-hydrogen) atoms. The average Bonchev–Trinajstić information content (AvgIpc) is 3.55. The molecule has 0 atom stereocenters. The lowest BCUT2D eigenvalue weighted by Crippen LogP contribution is -1.99. The van der Waals surface area contributed by atoms with Gasteiger partial charge in [-0.15, -0.1) is 0 Å². The Morgan fingerprint density at radius 3 is 1.62 bits per heavy atom. The van der Waals surface area contributed by atoms with Crippen molar-refractivity contribution in [2.75, 3.05) is 0 Å². The van der Waals surface area contributed by atoms with Crippen molar-refractivity contribution >= 4 is 65.3 Å². The Labute approximate surface area is 230 Å². The first kappa shape index (κ1) is 21.5. The maximum atomic E-state index is 4.87. The van der Waals surface area contributed by atoms with Gasteiger partial charge in [-0.3, -0.25) is 4.98 Å². The quantitative estimate of drug-likeness (QED) is 0.213. The first-order valence-electron chi connectivity index (χ1n) is 13.7. The second-order valence-electron chi connectivity index (χ2n) is 10.4. The summed E-state index contributed by atoms with van der Waals surface area (Å²) in [6, 6.07) is 48.0. The Morgan fingerprint density at radius 2 is 0.925 bits per heavy atom. The van der Waals surface area contributed by atoms with Crippen LogP contribution in [0.5, 0.6) is 0 Å². The van der Waals surface area contributed by atoms with Crippen molar-refractivity contribution in [1.29, 1.82) is 0 Å². The molecule has 0 unspecified atom stereocenters. The summed E-state index contributed by atoms with van der Waals surface area (Å²) >= 11 is 0. The maximum absolute atomic E-state index is 4.87. The van der Waals surface area contributed by atoms with Gasteiger partial charge in [-0.1, -0.05) is 84.9 Å². The molecule has 0 aliphatic carbocycles. The highest BCUT2D eigenvalue weighted by Gasteiger charge is 2.20. The van der Waals surface area contributed by atoms with E-state index in [1.165, 1.54) is 54.4 Å². The van der Waals surface area contributed by atoms with Gasteiger partial charge in [0.05, 0.1) is 27.6 Å². The summed E-state index contributed by atoms with van der Waals surface area (Å²) < 4.78 is 4.82. The summed E-state index contributed by atoms with van der Waals surface area (Å²) in [5.74, 6) is 0. The summed E-state index contributed by atoms with van der Waals surface area (Å²) in [6.45, 7) is 0. The van der Waals surface area contributed by atoms with Crippen LogP contribution < -0.4 is 0 Å². The van der Waals surface area contributed by atoms with Crippen LogP contribution in [0, 0.1) is 0 Å². The largest absolute Gasteiger partial charge is 0.309 e. The van der Waals surface area contributed by atoms with Gasteiger partial charge >= 0.3 is 0 Å². The van der Waals surface area contributed by atoms with E-state index in [-0.39, 0.29) is 0 Å². The highest BCUT2D eigenvalue weighted by atomic mass is 15.0. The van der Waals surface area contributed by atoms with Gasteiger partial charge in [-0.2, -0.15) is 0 Å². The zero-order valence-corrected chi connectivity index (χ0v) is 21.6. The minimum atomic E-state index is 1.04. The van der Waals surface area contributed by atoms with Gasteiger partial charge in [0.1, 0.15) is 0 Å². The van der Waals surface area contributed by atoms with Crippen LogP contribution in [0.15, 0.2) is 140 Å². The lowest BCUT2D eigenvalue weighted by molar-refractivity contribution is 1.14. The topological polar surface area (TPSA) is 22.8 Å². The highest BCUT2D eigenvalue weighted by molar-refractivity contribution is 6.31. The van der Waals surface area contributed by atoms with Crippen LogP contribution in [0.2, 0.25) is 0 Å². The SMILES string of the molecule is c1cc(-n2c3ccccc3c3ccccc32)cc(-n2c3ccccc3c3c4ccccc4c4ncccc4c32)c1. The smallest absolute Gasteiger partial charge is 0.0801 e. The molecule has 0 saturated heterocycles. The Morgan fingerprint density at radius 1 is 0.400 bits per heavy atom. The number of fused-ring (bicyclic) bond motifs is 11. The van der Waals surface area contributed by atoms with E-state index in [4.69, 9.17) is 4.98 Å². The minimum Gasteiger partial charge on any atom is -0.309 e. The van der Waals surface area contributed by atoms with E-state index < -0.39 is 0 Å². The van der Waals surface area contributed by atoms with Crippen LogP contribution >= 0.6 is 0 Å². The third-order valence-electron chi connectivity index (χ3n) is 8.32. The van der Waals surface area contributed by atoms with Crippen molar-refractivity contribution in [1.82, 2.24) is 14.1 Å². The zero-order chi connectivity index (χ0) is 26.2. The minimum absolute atomic E-state index is 1.04. The van der Waals surface area contributed by atoms with Crippen molar-refractivity contribution in [3.63, 3.8) is 0 Å². The van der Waals surface area contributed by atoms with E-state index in [1.807, 2.05) is 12.3 Å². The molecule has 0 spiro atoms. The van der Waals surface area contributed by atoms with Crippen LogP contribution in [0.1, 0.15) is 0 Å². The third kappa shape index (κ3) is 2.81. The fourth-order valence-electron chi connectivity index (χ4n) is 6.73. The molecule has 0 radical (unpaired) electrons. The summed E-state index contributed by atoms with van der Waals surface area (Å²) in [7, 11) is 0. The standard InChI is InChI=1S/C37H23N3/c1-2-16-29-28(15-1)35-30-17-5-8-21-34(30)40(37(35)31-18-10-22-38-36(29)31)25-12-9-11-24(23-25)39-32-19-6-3-13-26(32)27-14-4-7-20-33(27)39/h1-23H. The molecule has 0 fully saturated rings. The van der Waals surface area contributed by atoms with E-state index in [0.717, 1.165) is 22.3 Å². The lowest BCUT2D eigenvalue weighted by Gasteiger charge is -2.14. The molecule has 3 heteroatoms. The summed E-state index contributed by atoms with van der Waals surface area (Å²) in [5.41, 5.74) is 8.12. The van der Waals surface area contributed by atoms with Crippen LogP contribution in [0.25, 0.3) is 76.7 Å². The molecule has 3 heterocycles. The molecule has 0 amide bonds. The van der Waals surface area contributed by atoms with Gasteiger partial charge in [0, 0.05) is 49.9 Å². The van der Waals surface area contributed by atoms with Crippen molar-refractivity contribution in [2.45, 2.75) is 0 Å². The number of nitrogens with zero attached hydrogens (tertiary/aromatic N) is 3. The lowest BCUT2D eigenvalue weighted by atomic mass is 10.00. The number of aromatic nitrogens is 3. The van der Waals surface area contributed by atoms with E-state index >= 15 is 0 Å². The fourth-order valence-corrected chi connectivity index (χ4v) is 6.73. The fraction of sp³-hybridized carbons (Fsp3) is 0. The van der Waals surface area contributed by atoms with E-state index in [1.54, 1.807) is 0 Å². The first-order valence-corrected chi connectivity index (χ1v) is 13.7. The zero-order valence-electron chi connectivity index (χ0n) is 21.6. The predicted octanol–water partition coefficient (Wildman–Crippen LogP) is 9.58. The highest BCUT2D eigenvalue weighted by Crippen LogP contribution is 2.42. The van der Waals surface area contributed by atoms with Gasteiger partial charge in [-0.25, -0.2) is 0 Å². The Balaban J connectivity index is 1.44. The second-order valence-corrected chi connectivity index (χ2v) is 10.4. The van der Waals surface area contributed by atoms with Gasteiger partial charge in [0.2, 0.25) is 0 Å². The van der Waals surface area contributed by atoms with Crippen molar-refractivity contribution in [3.8, 4) is 11.4 Å². The van der Waals surface area contributed by atoms with Crippen LogP contribution in [0.3, 0.4) is 0 Å². The molecule has 6 aromatic carbocycles.